The summed E-state index contributed by atoms with van der Waals surface area (Å²) in [6, 6.07) is 3.70. The van der Waals surface area contributed by atoms with Gasteiger partial charge in [-0.1, -0.05) is 0 Å². The zero-order chi connectivity index (χ0) is 10.8. The van der Waals surface area contributed by atoms with Crippen molar-refractivity contribution in [1.29, 1.82) is 0 Å². The van der Waals surface area contributed by atoms with Crippen molar-refractivity contribution < 1.29 is 9.90 Å². The van der Waals surface area contributed by atoms with Crippen LogP contribution in [0.5, 0.6) is 0 Å². The average Bonchev–Trinajstić information content (AvgIpc) is 2.02. The van der Waals surface area contributed by atoms with Crippen LogP contribution in [0.2, 0.25) is 0 Å². The standard InChI is InChI=1S/C10H14N2O2/c1-7-3-4-12-8(5-7)6-10(2,11)9(13)14/h3-5H,6,11H2,1-2H3,(H,13,14). The fourth-order valence-electron chi connectivity index (χ4n) is 1.15. The van der Waals surface area contributed by atoms with Gasteiger partial charge in [0.25, 0.3) is 0 Å². The van der Waals surface area contributed by atoms with Gasteiger partial charge in [0.2, 0.25) is 0 Å². The lowest BCUT2D eigenvalue weighted by molar-refractivity contribution is -0.142. The van der Waals surface area contributed by atoms with Gasteiger partial charge in [0.1, 0.15) is 5.54 Å². The molecular formula is C10H14N2O2. The molecule has 1 rings (SSSR count). The topological polar surface area (TPSA) is 76.2 Å². The third-order valence-corrected chi connectivity index (χ3v) is 2.01. The lowest BCUT2D eigenvalue weighted by Gasteiger charge is -2.18. The number of aryl methyl sites for hydroxylation is 1. The molecule has 0 aromatic carbocycles. The van der Waals surface area contributed by atoms with E-state index in [9.17, 15) is 4.79 Å². The summed E-state index contributed by atoms with van der Waals surface area (Å²) in [5.74, 6) is -1.01. The van der Waals surface area contributed by atoms with Crippen LogP contribution in [0.4, 0.5) is 0 Å². The van der Waals surface area contributed by atoms with E-state index in [1.807, 2.05) is 19.1 Å². The van der Waals surface area contributed by atoms with E-state index in [2.05, 4.69) is 4.98 Å². The van der Waals surface area contributed by atoms with E-state index >= 15 is 0 Å². The van der Waals surface area contributed by atoms with Crippen LogP contribution >= 0.6 is 0 Å². The maximum atomic E-state index is 10.8. The predicted octanol–water partition coefficient (Wildman–Crippen LogP) is 0.735. The summed E-state index contributed by atoms with van der Waals surface area (Å²) in [5.41, 5.74) is 6.11. The van der Waals surface area contributed by atoms with Crippen molar-refractivity contribution in [2.45, 2.75) is 25.8 Å². The molecule has 14 heavy (non-hydrogen) atoms. The van der Waals surface area contributed by atoms with Crippen LogP contribution in [0.15, 0.2) is 18.3 Å². The average molecular weight is 194 g/mol. The minimum Gasteiger partial charge on any atom is -0.480 e. The van der Waals surface area contributed by atoms with E-state index < -0.39 is 11.5 Å². The second kappa shape index (κ2) is 3.75. The monoisotopic (exact) mass is 194 g/mol. The minimum atomic E-state index is -1.25. The number of aromatic nitrogens is 1. The molecule has 0 aliphatic rings. The second-order valence-electron chi connectivity index (χ2n) is 3.72. The molecule has 1 atom stereocenters. The Bertz CT molecular complexity index is 348. The summed E-state index contributed by atoms with van der Waals surface area (Å²) in [7, 11) is 0. The molecule has 4 heteroatoms. The largest absolute Gasteiger partial charge is 0.480 e. The lowest BCUT2D eigenvalue weighted by Crippen LogP contribution is -2.47. The van der Waals surface area contributed by atoms with Gasteiger partial charge in [-0.2, -0.15) is 0 Å². The normalized spacial score (nSPS) is 14.8. The van der Waals surface area contributed by atoms with Crippen LogP contribution in [0.25, 0.3) is 0 Å². The Balaban J connectivity index is 2.83. The van der Waals surface area contributed by atoms with Crippen molar-refractivity contribution in [2.24, 2.45) is 5.73 Å². The van der Waals surface area contributed by atoms with Gasteiger partial charge in [-0.25, -0.2) is 0 Å². The van der Waals surface area contributed by atoms with E-state index in [0.717, 1.165) is 5.56 Å². The molecule has 0 saturated carbocycles. The van der Waals surface area contributed by atoms with Gasteiger partial charge < -0.3 is 10.8 Å². The molecule has 76 valence electrons. The zero-order valence-corrected chi connectivity index (χ0v) is 8.32. The van der Waals surface area contributed by atoms with Gasteiger partial charge in [-0.15, -0.1) is 0 Å². The van der Waals surface area contributed by atoms with Gasteiger partial charge in [0, 0.05) is 18.3 Å². The van der Waals surface area contributed by atoms with E-state index in [4.69, 9.17) is 10.8 Å². The smallest absolute Gasteiger partial charge is 0.323 e. The van der Waals surface area contributed by atoms with Gasteiger partial charge in [-0.05, 0) is 31.5 Å². The first kappa shape index (κ1) is 10.7. The SMILES string of the molecule is Cc1ccnc(CC(C)(N)C(=O)O)c1. The summed E-state index contributed by atoms with van der Waals surface area (Å²) in [5, 5.41) is 8.82. The van der Waals surface area contributed by atoms with E-state index in [-0.39, 0.29) is 6.42 Å². The Morgan fingerprint density at radius 1 is 1.71 bits per heavy atom. The molecule has 0 aliphatic carbocycles. The Kier molecular flexibility index (Phi) is 2.86. The molecule has 0 radical (unpaired) electrons. The summed E-state index contributed by atoms with van der Waals surface area (Å²) >= 11 is 0. The number of aliphatic carboxylic acids is 1. The van der Waals surface area contributed by atoms with Crippen molar-refractivity contribution in [1.82, 2.24) is 4.98 Å². The second-order valence-corrected chi connectivity index (χ2v) is 3.72. The summed E-state index contributed by atoms with van der Waals surface area (Å²) in [6.45, 7) is 3.42. The minimum absolute atomic E-state index is 0.240. The first-order valence-electron chi connectivity index (χ1n) is 4.35. The van der Waals surface area contributed by atoms with Crippen molar-refractivity contribution in [2.75, 3.05) is 0 Å². The number of hydrogen-bond donors (Lipinski definition) is 2. The Morgan fingerprint density at radius 3 is 2.86 bits per heavy atom. The van der Waals surface area contributed by atoms with Crippen LogP contribution in [0.1, 0.15) is 18.2 Å². The number of carboxylic acid groups (broad SMARTS) is 1. The highest BCUT2D eigenvalue weighted by Gasteiger charge is 2.28. The van der Waals surface area contributed by atoms with E-state index in [1.54, 1.807) is 6.20 Å². The fraction of sp³-hybridized carbons (Fsp3) is 0.400. The van der Waals surface area contributed by atoms with Gasteiger partial charge in [-0.3, -0.25) is 9.78 Å². The van der Waals surface area contributed by atoms with Crippen molar-refractivity contribution in [3.63, 3.8) is 0 Å². The highest BCUT2D eigenvalue weighted by Crippen LogP contribution is 2.09. The molecule has 0 aliphatic heterocycles. The zero-order valence-electron chi connectivity index (χ0n) is 8.32. The van der Waals surface area contributed by atoms with Crippen LogP contribution in [-0.2, 0) is 11.2 Å². The summed E-state index contributed by atoms with van der Waals surface area (Å²) in [6.07, 6.45) is 1.90. The molecule has 0 amide bonds. The quantitative estimate of drug-likeness (QED) is 0.743. The van der Waals surface area contributed by atoms with Crippen molar-refractivity contribution in [3.8, 4) is 0 Å². The number of hydrogen-bond acceptors (Lipinski definition) is 3. The predicted molar refractivity (Wildman–Crippen MR) is 52.9 cm³/mol. The fourth-order valence-corrected chi connectivity index (χ4v) is 1.15. The molecule has 1 aromatic heterocycles. The number of rotatable bonds is 3. The molecular weight excluding hydrogens is 180 g/mol. The van der Waals surface area contributed by atoms with Crippen LogP contribution < -0.4 is 5.73 Å². The summed E-state index contributed by atoms with van der Waals surface area (Å²) < 4.78 is 0. The number of carboxylic acids is 1. The molecule has 0 spiro atoms. The number of pyridine rings is 1. The van der Waals surface area contributed by atoms with Crippen LogP contribution in [-0.4, -0.2) is 21.6 Å². The molecule has 4 nitrogen and oxygen atoms in total. The van der Waals surface area contributed by atoms with Crippen molar-refractivity contribution in [3.05, 3.63) is 29.6 Å². The number of nitrogens with zero attached hydrogens (tertiary/aromatic N) is 1. The number of nitrogens with two attached hydrogens (primary N) is 1. The highest BCUT2D eigenvalue weighted by molar-refractivity contribution is 5.78. The third-order valence-electron chi connectivity index (χ3n) is 2.01. The maximum Gasteiger partial charge on any atom is 0.323 e. The van der Waals surface area contributed by atoms with Crippen LogP contribution in [0.3, 0.4) is 0 Å². The van der Waals surface area contributed by atoms with E-state index in [1.165, 1.54) is 6.92 Å². The van der Waals surface area contributed by atoms with Gasteiger partial charge >= 0.3 is 5.97 Å². The molecule has 1 unspecified atom stereocenters. The Morgan fingerprint density at radius 2 is 2.36 bits per heavy atom. The third kappa shape index (κ3) is 2.53. The Hall–Kier alpha value is -1.42. The van der Waals surface area contributed by atoms with Crippen LogP contribution in [0, 0.1) is 6.92 Å². The molecule has 0 bridgehead atoms. The van der Waals surface area contributed by atoms with Gasteiger partial charge in [0.05, 0.1) is 0 Å². The maximum absolute atomic E-state index is 10.8. The van der Waals surface area contributed by atoms with Gasteiger partial charge in [0.15, 0.2) is 0 Å². The number of carbonyl (C=O) groups is 1. The first-order valence-corrected chi connectivity index (χ1v) is 4.35. The molecule has 1 aromatic rings. The highest BCUT2D eigenvalue weighted by atomic mass is 16.4. The van der Waals surface area contributed by atoms with E-state index in [0.29, 0.717) is 5.69 Å². The summed E-state index contributed by atoms with van der Waals surface area (Å²) in [4.78, 5) is 14.8. The molecule has 1 heterocycles. The van der Waals surface area contributed by atoms with Crippen molar-refractivity contribution >= 4 is 5.97 Å². The first-order chi connectivity index (χ1) is 6.42. The lowest BCUT2D eigenvalue weighted by atomic mass is 9.97. The molecule has 0 fully saturated rings. The Labute approximate surface area is 82.8 Å². The molecule has 3 N–H and O–H groups in total. The molecule has 0 saturated heterocycles.